The summed E-state index contributed by atoms with van der Waals surface area (Å²) in [6.07, 6.45) is 0.994. The Bertz CT molecular complexity index is 176. The van der Waals surface area contributed by atoms with E-state index in [1.54, 1.807) is 7.11 Å². The van der Waals surface area contributed by atoms with Crippen LogP contribution in [0.1, 0.15) is 13.8 Å². The van der Waals surface area contributed by atoms with Gasteiger partial charge < -0.3 is 14.2 Å². The molecule has 0 radical (unpaired) electrons. The van der Waals surface area contributed by atoms with Gasteiger partial charge in [0, 0.05) is 28.9 Å². The van der Waals surface area contributed by atoms with Crippen molar-refractivity contribution in [2.24, 2.45) is 0 Å². The average molecular weight is 222 g/mol. The van der Waals surface area contributed by atoms with E-state index in [0.717, 1.165) is 0 Å². The standard InChI is InChI=1S/C8H15O5P/c1-7(9)12-5-14(4-11-3)6-13-8(2)10/h4-6H2,1-3H3. The fourth-order valence-electron chi connectivity index (χ4n) is 0.659. The van der Waals surface area contributed by atoms with Gasteiger partial charge in [0.05, 0.1) is 6.35 Å². The van der Waals surface area contributed by atoms with Gasteiger partial charge in [0.25, 0.3) is 0 Å². The lowest BCUT2D eigenvalue weighted by atomic mass is 10.8. The number of esters is 2. The van der Waals surface area contributed by atoms with Crippen LogP contribution >= 0.6 is 7.92 Å². The molecule has 0 rings (SSSR count). The molecule has 14 heavy (non-hydrogen) atoms. The molecule has 5 nitrogen and oxygen atoms in total. The van der Waals surface area contributed by atoms with Gasteiger partial charge in [0.1, 0.15) is 12.7 Å². The largest absolute Gasteiger partial charge is 0.461 e. The Labute approximate surface area is 84.5 Å². The Morgan fingerprint density at radius 2 is 1.43 bits per heavy atom. The average Bonchev–Trinajstić information content (AvgIpc) is 2.09. The van der Waals surface area contributed by atoms with Crippen LogP contribution in [-0.4, -0.2) is 38.1 Å². The molecule has 0 N–H and O–H groups in total. The van der Waals surface area contributed by atoms with Crippen molar-refractivity contribution < 1.29 is 23.8 Å². The maximum absolute atomic E-state index is 10.5. The van der Waals surface area contributed by atoms with Crippen LogP contribution in [0.25, 0.3) is 0 Å². The Morgan fingerprint density at radius 3 is 1.71 bits per heavy atom. The monoisotopic (exact) mass is 222 g/mol. The molecule has 0 aromatic carbocycles. The highest BCUT2D eigenvalue weighted by Crippen LogP contribution is 2.35. The van der Waals surface area contributed by atoms with Crippen LogP contribution < -0.4 is 0 Å². The van der Waals surface area contributed by atoms with Gasteiger partial charge in [-0.2, -0.15) is 0 Å². The third-order valence-electron chi connectivity index (χ3n) is 1.21. The van der Waals surface area contributed by atoms with Crippen LogP contribution in [0.3, 0.4) is 0 Å². The fraction of sp³-hybridized carbons (Fsp3) is 0.750. The van der Waals surface area contributed by atoms with Crippen molar-refractivity contribution in [3.63, 3.8) is 0 Å². The SMILES string of the molecule is COCP(COC(C)=O)COC(C)=O. The summed E-state index contributed by atoms with van der Waals surface area (Å²) in [5, 5.41) is 0. The van der Waals surface area contributed by atoms with E-state index in [9.17, 15) is 9.59 Å². The van der Waals surface area contributed by atoms with Crippen molar-refractivity contribution >= 4 is 19.9 Å². The first-order chi connectivity index (χ1) is 6.56. The molecule has 0 aliphatic carbocycles. The second-order valence-corrected chi connectivity index (χ2v) is 4.73. The van der Waals surface area contributed by atoms with Crippen LogP contribution in [0.4, 0.5) is 0 Å². The maximum Gasteiger partial charge on any atom is 0.302 e. The van der Waals surface area contributed by atoms with Gasteiger partial charge in [0.15, 0.2) is 0 Å². The molecule has 0 aliphatic rings. The summed E-state index contributed by atoms with van der Waals surface area (Å²) in [5.41, 5.74) is 0. The van der Waals surface area contributed by atoms with Crippen LogP contribution in [0.5, 0.6) is 0 Å². The topological polar surface area (TPSA) is 61.8 Å². The Morgan fingerprint density at radius 1 is 1.00 bits per heavy atom. The first-order valence-corrected chi connectivity index (χ1v) is 5.94. The molecule has 6 heteroatoms. The number of hydrogen-bond acceptors (Lipinski definition) is 5. The second kappa shape index (κ2) is 7.71. The fourth-order valence-corrected chi connectivity index (χ4v) is 1.98. The van der Waals surface area contributed by atoms with Crippen LogP contribution in [0.15, 0.2) is 0 Å². The van der Waals surface area contributed by atoms with Crippen molar-refractivity contribution in [2.75, 3.05) is 26.2 Å². The Balaban J connectivity index is 3.76. The molecule has 0 aliphatic heterocycles. The molecule has 82 valence electrons. The van der Waals surface area contributed by atoms with Gasteiger partial charge in [-0.15, -0.1) is 0 Å². The molecule has 0 unspecified atom stereocenters. The van der Waals surface area contributed by atoms with E-state index in [0.29, 0.717) is 6.35 Å². The minimum atomic E-state index is -0.734. The number of hydrogen-bond donors (Lipinski definition) is 0. The molecule has 0 aromatic heterocycles. The number of carbonyl (C=O) groups excluding carboxylic acids is 2. The van der Waals surface area contributed by atoms with Crippen LogP contribution in [0.2, 0.25) is 0 Å². The van der Waals surface area contributed by atoms with Crippen molar-refractivity contribution in [1.82, 2.24) is 0 Å². The van der Waals surface area contributed by atoms with Crippen molar-refractivity contribution in [2.45, 2.75) is 13.8 Å². The highest BCUT2D eigenvalue weighted by Gasteiger charge is 2.11. The lowest BCUT2D eigenvalue weighted by Gasteiger charge is -2.15. The maximum atomic E-state index is 10.5. The van der Waals surface area contributed by atoms with Crippen LogP contribution in [0, 0.1) is 0 Å². The summed E-state index contributed by atoms with van der Waals surface area (Å²) in [7, 11) is 0.818. The zero-order chi connectivity index (χ0) is 11.0. The molecule has 0 amide bonds. The van der Waals surface area contributed by atoms with Gasteiger partial charge in [-0.05, 0) is 0 Å². The summed E-state index contributed by atoms with van der Waals surface area (Å²) >= 11 is 0. The molecule has 0 aromatic rings. The number of carbonyl (C=O) groups is 2. The number of ether oxygens (including phenoxy) is 3. The molecule has 0 spiro atoms. The van der Waals surface area contributed by atoms with Crippen molar-refractivity contribution in [3.8, 4) is 0 Å². The third-order valence-corrected chi connectivity index (χ3v) is 2.82. The molecule has 0 heterocycles. The highest BCUT2D eigenvalue weighted by molar-refractivity contribution is 7.57. The van der Waals surface area contributed by atoms with E-state index >= 15 is 0 Å². The number of methoxy groups -OCH3 is 1. The first kappa shape index (κ1) is 13.3. The van der Waals surface area contributed by atoms with E-state index in [-0.39, 0.29) is 24.6 Å². The molecular weight excluding hydrogens is 207 g/mol. The number of rotatable bonds is 6. The minimum absolute atomic E-state index is 0.270. The molecule has 0 bridgehead atoms. The smallest absolute Gasteiger partial charge is 0.302 e. The van der Waals surface area contributed by atoms with Gasteiger partial charge in [0.2, 0.25) is 0 Å². The lowest BCUT2D eigenvalue weighted by Crippen LogP contribution is -2.07. The summed E-state index contributed by atoms with van der Waals surface area (Å²) in [5.74, 6) is -0.673. The summed E-state index contributed by atoms with van der Waals surface area (Å²) in [6.45, 7) is 2.68. The van der Waals surface area contributed by atoms with Crippen molar-refractivity contribution in [3.05, 3.63) is 0 Å². The predicted molar refractivity (Wildman–Crippen MR) is 52.1 cm³/mol. The van der Waals surface area contributed by atoms with E-state index in [4.69, 9.17) is 14.2 Å². The highest BCUT2D eigenvalue weighted by atomic mass is 31.1. The van der Waals surface area contributed by atoms with E-state index in [1.807, 2.05) is 0 Å². The van der Waals surface area contributed by atoms with E-state index in [1.165, 1.54) is 13.8 Å². The lowest BCUT2D eigenvalue weighted by molar-refractivity contribution is -0.138. The zero-order valence-electron chi connectivity index (χ0n) is 8.61. The van der Waals surface area contributed by atoms with Gasteiger partial charge >= 0.3 is 11.9 Å². The van der Waals surface area contributed by atoms with Crippen molar-refractivity contribution in [1.29, 1.82) is 0 Å². The second-order valence-electron chi connectivity index (χ2n) is 2.62. The van der Waals surface area contributed by atoms with E-state index < -0.39 is 7.92 Å². The summed E-state index contributed by atoms with van der Waals surface area (Å²) < 4.78 is 14.5. The molecular formula is C8H15O5P. The first-order valence-electron chi connectivity index (χ1n) is 4.04. The molecule has 0 fully saturated rings. The van der Waals surface area contributed by atoms with Gasteiger partial charge in [-0.1, -0.05) is 0 Å². The Hall–Kier alpha value is -0.670. The third kappa shape index (κ3) is 7.95. The van der Waals surface area contributed by atoms with Gasteiger partial charge in [-0.25, -0.2) is 0 Å². The summed E-state index contributed by atoms with van der Waals surface area (Å²) in [4.78, 5) is 21.1. The summed E-state index contributed by atoms with van der Waals surface area (Å²) in [6, 6.07) is 0. The quantitative estimate of drug-likeness (QED) is 0.497. The Kier molecular flexibility index (Phi) is 7.34. The van der Waals surface area contributed by atoms with E-state index in [2.05, 4.69) is 0 Å². The normalized spacial score (nSPS) is 10.0. The minimum Gasteiger partial charge on any atom is -0.461 e. The van der Waals surface area contributed by atoms with Gasteiger partial charge in [-0.3, -0.25) is 9.59 Å². The van der Waals surface area contributed by atoms with Crippen LogP contribution in [-0.2, 0) is 23.8 Å². The zero-order valence-corrected chi connectivity index (χ0v) is 9.50. The molecule has 0 saturated heterocycles. The predicted octanol–water partition coefficient (Wildman–Crippen LogP) is 1.11. The molecule has 0 atom stereocenters. The molecule has 0 saturated carbocycles.